The molecule has 0 saturated heterocycles. The summed E-state index contributed by atoms with van der Waals surface area (Å²) in [5.74, 6) is 0.291. The molecule has 0 aliphatic rings. The van der Waals surface area contributed by atoms with E-state index in [4.69, 9.17) is 11.6 Å². The molecule has 0 atom stereocenters. The molecule has 0 bridgehead atoms. The maximum Gasteiger partial charge on any atom is 0.226 e. The molecular formula is C20H18ClFN6. The average Bonchev–Trinajstić information content (AvgIpc) is 3.10. The molecule has 1 aromatic carbocycles. The largest absolute Gasteiger partial charge is 0.364 e. The van der Waals surface area contributed by atoms with Gasteiger partial charge in [0.25, 0.3) is 0 Å². The SMILES string of the molecule is CC(C)n1cnc2c(NCc3ccc(-c4cccc(F)c4)nc3)nc(Cl)nc21. The van der Waals surface area contributed by atoms with Crippen LogP contribution in [0.3, 0.4) is 0 Å². The van der Waals surface area contributed by atoms with Gasteiger partial charge < -0.3 is 9.88 Å². The lowest BCUT2D eigenvalue weighted by Crippen LogP contribution is -2.05. The van der Waals surface area contributed by atoms with E-state index < -0.39 is 0 Å². The van der Waals surface area contributed by atoms with Gasteiger partial charge in [0, 0.05) is 24.3 Å². The van der Waals surface area contributed by atoms with Crippen LogP contribution in [-0.2, 0) is 6.54 Å². The minimum absolute atomic E-state index is 0.164. The minimum Gasteiger partial charge on any atom is -0.364 e. The molecule has 0 spiro atoms. The van der Waals surface area contributed by atoms with Gasteiger partial charge in [-0.25, -0.2) is 9.37 Å². The molecule has 3 aromatic heterocycles. The number of nitrogens with one attached hydrogen (secondary N) is 1. The van der Waals surface area contributed by atoms with Crippen molar-refractivity contribution < 1.29 is 4.39 Å². The summed E-state index contributed by atoms with van der Waals surface area (Å²) in [5, 5.41) is 3.42. The Morgan fingerprint density at radius 3 is 2.71 bits per heavy atom. The monoisotopic (exact) mass is 396 g/mol. The fourth-order valence-electron chi connectivity index (χ4n) is 2.92. The standard InChI is InChI=1S/C20H18ClFN6/c1-12(2)28-11-25-17-18(26-20(21)27-19(17)28)24-10-13-6-7-16(23-9-13)14-4-3-5-15(22)8-14/h3-9,11-12H,10H2,1-2H3,(H,24,26,27). The molecule has 28 heavy (non-hydrogen) atoms. The first kappa shape index (κ1) is 18.3. The predicted octanol–water partition coefficient (Wildman–Crippen LogP) is 4.87. The second kappa shape index (κ2) is 7.52. The highest BCUT2D eigenvalue weighted by Crippen LogP contribution is 2.24. The summed E-state index contributed by atoms with van der Waals surface area (Å²) >= 11 is 6.09. The second-order valence-corrected chi connectivity index (χ2v) is 7.01. The lowest BCUT2D eigenvalue weighted by atomic mass is 10.1. The van der Waals surface area contributed by atoms with Crippen LogP contribution in [0.1, 0.15) is 25.5 Å². The number of benzene rings is 1. The molecule has 0 amide bonds. The van der Waals surface area contributed by atoms with Crippen molar-refractivity contribution in [3.63, 3.8) is 0 Å². The van der Waals surface area contributed by atoms with Gasteiger partial charge in [-0.15, -0.1) is 0 Å². The molecule has 0 fully saturated rings. The number of anilines is 1. The molecule has 0 aliphatic carbocycles. The van der Waals surface area contributed by atoms with Crippen molar-refractivity contribution in [2.75, 3.05) is 5.32 Å². The van der Waals surface area contributed by atoms with Crippen molar-refractivity contribution in [1.82, 2.24) is 24.5 Å². The van der Waals surface area contributed by atoms with Gasteiger partial charge >= 0.3 is 0 Å². The Bertz CT molecular complexity index is 1120. The molecule has 4 aromatic rings. The summed E-state index contributed by atoms with van der Waals surface area (Å²) in [6.07, 6.45) is 3.49. The first-order valence-electron chi connectivity index (χ1n) is 8.86. The molecule has 4 rings (SSSR count). The van der Waals surface area contributed by atoms with Crippen LogP contribution in [0.4, 0.5) is 10.2 Å². The molecule has 3 heterocycles. The van der Waals surface area contributed by atoms with Crippen molar-refractivity contribution in [3.8, 4) is 11.3 Å². The summed E-state index contributed by atoms with van der Waals surface area (Å²) < 4.78 is 15.3. The van der Waals surface area contributed by atoms with E-state index in [-0.39, 0.29) is 17.1 Å². The van der Waals surface area contributed by atoms with E-state index >= 15 is 0 Å². The van der Waals surface area contributed by atoms with Crippen LogP contribution in [0.25, 0.3) is 22.4 Å². The van der Waals surface area contributed by atoms with Crippen LogP contribution >= 0.6 is 11.6 Å². The zero-order valence-corrected chi connectivity index (χ0v) is 16.2. The zero-order chi connectivity index (χ0) is 19.7. The van der Waals surface area contributed by atoms with Gasteiger partial charge in [0.15, 0.2) is 17.0 Å². The van der Waals surface area contributed by atoms with Crippen LogP contribution in [-0.4, -0.2) is 24.5 Å². The van der Waals surface area contributed by atoms with Gasteiger partial charge in [-0.1, -0.05) is 18.2 Å². The number of pyridine rings is 1. The van der Waals surface area contributed by atoms with Gasteiger partial charge in [-0.2, -0.15) is 9.97 Å². The highest BCUT2D eigenvalue weighted by Gasteiger charge is 2.14. The van der Waals surface area contributed by atoms with Gasteiger partial charge in [0.05, 0.1) is 12.0 Å². The van der Waals surface area contributed by atoms with Crippen molar-refractivity contribution >= 4 is 28.6 Å². The van der Waals surface area contributed by atoms with Crippen LogP contribution in [0.2, 0.25) is 5.28 Å². The van der Waals surface area contributed by atoms with Crippen LogP contribution in [0.15, 0.2) is 48.9 Å². The highest BCUT2D eigenvalue weighted by atomic mass is 35.5. The number of aromatic nitrogens is 5. The fraction of sp³-hybridized carbons (Fsp3) is 0.200. The van der Waals surface area contributed by atoms with Gasteiger partial charge in [0.1, 0.15) is 5.82 Å². The maximum atomic E-state index is 13.4. The Balaban J connectivity index is 1.55. The number of imidazole rings is 1. The molecule has 6 nitrogen and oxygen atoms in total. The molecule has 0 saturated carbocycles. The second-order valence-electron chi connectivity index (χ2n) is 6.67. The van der Waals surface area contributed by atoms with Gasteiger partial charge in [-0.3, -0.25) is 4.98 Å². The molecule has 0 aliphatic heterocycles. The zero-order valence-electron chi connectivity index (χ0n) is 15.4. The number of rotatable bonds is 5. The number of hydrogen-bond acceptors (Lipinski definition) is 5. The van der Waals surface area contributed by atoms with E-state index in [1.54, 1.807) is 18.6 Å². The lowest BCUT2D eigenvalue weighted by Gasteiger charge is -2.10. The Morgan fingerprint density at radius 2 is 2.00 bits per heavy atom. The Hall–Kier alpha value is -3.06. The van der Waals surface area contributed by atoms with Crippen LogP contribution < -0.4 is 5.32 Å². The number of nitrogens with zero attached hydrogens (tertiary/aromatic N) is 5. The molecular weight excluding hydrogens is 379 g/mol. The highest BCUT2D eigenvalue weighted by molar-refractivity contribution is 6.28. The van der Waals surface area contributed by atoms with Gasteiger partial charge in [0.2, 0.25) is 5.28 Å². The normalized spacial score (nSPS) is 11.3. The Morgan fingerprint density at radius 1 is 1.14 bits per heavy atom. The van der Waals surface area contributed by atoms with Crippen molar-refractivity contribution in [1.29, 1.82) is 0 Å². The van der Waals surface area contributed by atoms with E-state index in [0.717, 1.165) is 11.1 Å². The topological polar surface area (TPSA) is 68.5 Å². The summed E-state index contributed by atoms with van der Waals surface area (Å²) in [7, 11) is 0. The Kier molecular flexibility index (Phi) is 4.92. The van der Waals surface area contributed by atoms with Crippen molar-refractivity contribution in [3.05, 3.63) is 65.6 Å². The average molecular weight is 397 g/mol. The smallest absolute Gasteiger partial charge is 0.226 e. The third-order valence-corrected chi connectivity index (χ3v) is 4.52. The summed E-state index contributed by atoms with van der Waals surface area (Å²) in [4.78, 5) is 17.4. The van der Waals surface area contributed by atoms with E-state index in [0.29, 0.717) is 29.2 Å². The first-order chi connectivity index (χ1) is 13.5. The van der Waals surface area contributed by atoms with Crippen molar-refractivity contribution in [2.45, 2.75) is 26.4 Å². The third-order valence-electron chi connectivity index (χ3n) is 4.36. The van der Waals surface area contributed by atoms with E-state index in [1.807, 2.05) is 22.8 Å². The quantitative estimate of drug-likeness (QED) is 0.487. The van der Waals surface area contributed by atoms with E-state index in [2.05, 4.69) is 39.1 Å². The molecule has 0 unspecified atom stereocenters. The van der Waals surface area contributed by atoms with Crippen LogP contribution in [0.5, 0.6) is 0 Å². The van der Waals surface area contributed by atoms with Gasteiger partial charge in [-0.05, 0) is 49.2 Å². The first-order valence-corrected chi connectivity index (χ1v) is 9.24. The number of hydrogen-bond donors (Lipinski definition) is 1. The minimum atomic E-state index is -0.282. The molecule has 1 N–H and O–H groups in total. The third kappa shape index (κ3) is 3.66. The summed E-state index contributed by atoms with van der Waals surface area (Å²) in [6, 6.07) is 10.4. The Labute approximate surface area is 166 Å². The lowest BCUT2D eigenvalue weighted by molar-refractivity contribution is 0.612. The van der Waals surface area contributed by atoms with E-state index in [1.165, 1.54) is 12.1 Å². The predicted molar refractivity (Wildman–Crippen MR) is 108 cm³/mol. The number of halogens is 2. The van der Waals surface area contributed by atoms with E-state index in [9.17, 15) is 4.39 Å². The summed E-state index contributed by atoms with van der Waals surface area (Å²) in [5.41, 5.74) is 3.76. The maximum absolute atomic E-state index is 13.4. The fourth-order valence-corrected chi connectivity index (χ4v) is 3.09. The molecule has 142 valence electrons. The van der Waals surface area contributed by atoms with Crippen molar-refractivity contribution in [2.24, 2.45) is 0 Å². The summed E-state index contributed by atoms with van der Waals surface area (Å²) in [6.45, 7) is 4.60. The molecule has 0 radical (unpaired) electrons. The molecule has 8 heteroatoms. The van der Waals surface area contributed by atoms with Crippen LogP contribution in [0, 0.1) is 5.82 Å². The number of fused-ring (bicyclic) bond motifs is 1.